The summed E-state index contributed by atoms with van der Waals surface area (Å²) >= 11 is 0. The van der Waals surface area contributed by atoms with E-state index in [2.05, 4.69) is 6.92 Å². The minimum absolute atomic E-state index is 0.371. The number of hydrogen-bond donors (Lipinski definition) is 4. The lowest BCUT2D eigenvalue weighted by atomic mass is 9.98. The fourth-order valence-corrected chi connectivity index (χ4v) is 3.75. The second-order valence-electron chi connectivity index (χ2n) is 8.25. The van der Waals surface area contributed by atoms with Crippen molar-refractivity contribution in [3.63, 3.8) is 0 Å². The summed E-state index contributed by atoms with van der Waals surface area (Å²) in [6, 6.07) is -0.801. The zero-order valence-electron chi connectivity index (χ0n) is 17.9. The normalized spacial score (nSPS) is 28.0. The van der Waals surface area contributed by atoms with Crippen molar-refractivity contribution in [3.8, 4) is 0 Å². The third-order valence-electron chi connectivity index (χ3n) is 5.71. The standard InChI is InChI=1S/C22H45NO5/c1-2-3-4-5-6-7-8-9-10-11-12-13-14-15-16-27-22-19(23)21(26)20(25)18(17-24)28-22/h18-22,24-26H,2-17,23H2,1H3/t18-,19-,20-,21-,22-/m1/s1. The van der Waals surface area contributed by atoms with Crippen LogP contribution < -0.4 is 5.73 Å². The second kappa shape index (κ2) is 16.5. The molecule has 168 valence electrons. The van der Waals surface area contributed by atoms with E-state index in [1.54, 1.807) is 0 Å². The highest BCUT2D eigenvalue weighted by Gasteiger charge is 2.42. The van der Waals surface area contributed by atoms with Crippen molar-refractivity contribution in [2.24, 2.45) is 5.73 Å². The third kappa shape index (κ3) is 10.5. The molecule has 1 heterocycles. The summed E-state index contributed by atoms with van der Waals surface area (Å²) in [6.07, 6.45) is 14.3. The summed E-state index contributed by atoms with van der Waals surface area (Å²) < 4.78 is 11.1. The van der Waals surface area contributed by atoms with Crippen LogP contribution in [0.4, 0.5) is 0 Å². The summed E-state index contributed by atoms with van der Waals surface area (Å²) in [6.45, 7) is 2.40. The van der Waals surface area contributed by atoms with Crippen molar-refractivity contribution < 1.29 is 24.8 Å². The second-order valence-corrected chi connectivity index (χ2v) is 8.25. The van der Waals surface area contributed by atoms with E-state index in [0.29, 0.717) is 6.61 Å². The summed E-state index contributed by atoms with van der Waals surface area (Å²) in [7, 11) is 0. The Hall–Kier alpha value is -0.240. The van der Waals surface area contributed by atoms with E-state index in [1.165, 1.54) is 77.0 Å². The number of aliphatic hydroxyl groups excluding tert-OH is 3. The van der Waals surface area contributed by atoms with Crippen LogP contribution in [0, 0.1) is 0 Å². The van der Waals surface area contributed by atoms with Gasteiger partial charge in [0.1, 0.15) is 18.3 Å². The molecule has 6 nitrogen and oxygen atoms in total. The molecule has 0 aromatic rings. The topological polar surface area (TPSA) is 105 Å². The average molecular weight is 404 g/mol. The van der Waals surface area contributed by atoms with Gasteiger partial charge in [-0.15, -0.1) is 0 Å². The molecule has 0 radical (unpaired) electrons. The Kier molecular flexibility index (Phi) is 15.2. The maximum atomic E-state index is 9.90. The molecule has 0 amide bonds. The third-order valence-corrected chi connectivity index (χ3v) is 5.71. The van der Waals surface area contributed by atoms with Crippen LogP contribution in [-0.2, 0) is 9.47 Å². The highest BCUT2D eigenvalue weighted by atomic mass is 16.7. The Bertz CT molecular complexity index is 356. The van der Waals surface area contributed by atoms with Crippen molar-refractivity contribution in [1.29, 1.82) is 0 Å². The Morgan fingerprint density at radius 1 is 0.750 bits per heavy atom. The molecule has 1 fully saturated rings. The number of hydrogen-bond acceptors (Lipinski definition) is 6. The van der Waals surface area contributed by atoms with Crippen LogP contribution in [0.3, 0.4) is 0 Å². The van der Waals surface area contributed by atoms with Crippen LogP contribution >= 0.6 is 0 Å². The van der Waals surface area contributed by atoms with Crippen LogP contribution in [-0.4, -0.2) is 59.2 Å². The van der Waals surface area contributed by atoms with Gasteiger partial charge in [-0.05, 0) is 6.42 Å². The highest BCUT2D eigenvalue weighted by molar-refractivity contribution is 4.91. The average Bonchev–Trinajstić information content (AvgIpc) is 2.70. The number of rotatable bonds is 17. The molecule has 1 saturated heterocycles. The van der Waals surface area contributed by atoms with E-state index < -0.39 is 30.6 Å². The molecule has 5 N–H and O–H groups in total. The van der Waals surface area contributed by atoms with Gasteiger partial charge in [0.25, 0.3) is 0 Å². The SMILES string of the molecule is CCCCCCCCCCCCCCCCO[C@@H]1O[C@H](CO)[C@@H](O)[C@H](O)[C@H]1N. The van der Waals surface area contributed by atoms with Gasteiger partial charge in [0, 0.05) is 6.61 Å². The quantitative estimate of drug-likeness (QED) is 0.278. The Morgan fingerprint density at radius 2 is 1.21 bits per heavy atom. The molecule has 1 rings (SSSR count). The maximum absolute atomic E-state index is 9.90. The first-order valence-corrected chi connectivity index (χ1v) is 11.6. The Labute approximate surface area is 171 Å². The van der Waals surface area contributed by atoms with Gasteiger partial charge in [-0.3, -0.25) is 0 Å². The fraction of sp³-hybridized carbons (Fsp3) is 1.00. The van der Waals surface area contributed by atoms with E-state index in [0.717, 1.165) is 12.8 Å². The predicted octanol–water partition coefficient (Wildman–Crippen LogP) is 3.25. The molecular formula is C22H45NO5. The van der Waals surface area contributed by atoms with Gasteiger partial charge in [0.05, 0.1) is 12.6 Å². The number of nitrogens with two attached hydrogens (primary N) is 1. The molecule has 0 spiro atoms. The van der Waals surface area contributed by atoms with Gasteiger partial charge in [-0.2, -0.15) is 0 Å². The van der Waals surface area contributed by atoms with Crippen LogP contribution in [0.15, 0.2) is 0 Å². The first-order valence-electron chi connectivity index (χ1n) is 11.6. The van der Waals surface area contributed by atoms with E-state index in [9.17, 15) is 15.3 Å². The summed E-state index contributed by atoms with van der Waals surface area (Å²) in [5.41, 5.74) is 5.85. The maximum Gasteiger partial charge on any atom is 0.175 e. The van der Waals surface area contributed by atoms with Gasteiger partial charge in [0.2, 0.25) is 0 Å². The fourth-order valence-electron chi connectivity index (χ4n) is 3.75. The van der Waals surface area contributed by atoms with Crippen LogP contribution in [0.25, 0.3) is 0 Å². The zero-order chi connectivity index (χ0) is 20.6. The van der Waals surface area contributed by atoms with Gasteiger partial charge in [-0.25, -0.2) is 0 Å². The van der Waals surface area contributed by atoms with Crippen LogP contribution in [0.1, 0.15) is 96.8 Å². The number of unbranched alkanes of at least 4 members (excludes halogenated alkanes) is 13. The molecule has 0 aromatic carbocycles. The predicted molar refractivity (Wildman–Crippen MR) is 112 cm³/mol. The molecule has 1 aliphatic heterocycles. The summed E-state index contributed by atoms with van der Waals surface area (Å²) in [5.74, 6) is 0. The van der Waals surface area contributed by atoms with E-state index >= 15 is 0 Å². The van der Waals surface area contributed by atoms with E-state index in [-0.39, 0.29) is 6.61 Å². The molecule has 0 saturated carbocycles. The molecule has 0 bridgehead atoms. The van der Waals surface area contributed by atoms with Crippen LogP contribution in [0.2, 0.25) is 0 Å². The van der Waals surface area contributed by atoms with Gasteiger partial charge in [0.15, 0.2) is 6.29 Å². The van der Waals surface area contributed by atoms with E-state index in [4.69, 9.17) is 15.2 Å². The minimum Gasteiger partial charge on any atom is -0.394 e. The lowest BCUT2D eigenvalue weighted by Crippen LogP contribution is -2.62. The van der Waals surface area contributed by atoms with E-state index in [1.807, 2.05) is 0 Å². The number of ether oxygens (including phenoxy) is 2. The largest absolute Gasteiger partial charge is 0.394 e. The molecule has 28 heavy (non-hydrogen) atoms. The monoisotopic (exact) mass is 403 g/mol. The summed E-state index contributed by atoms with van der Waals surface area (Å²) in [4.78, 5) is 0. The molecule has 6 heteroatoms. The van der Waals surface area contributed by atoms with Crippen molar-refractivity contribution >= 4 is 0 Å². The van der Waals surface area contributed by atoms with Gasteiger partial charge < -0.3 is 30.5 Å². The highest BCUT2D eigenvalue weighted by Crippen LogP contribution is 2.21. The first-order chi connectivity index (χ1) is 13.6. The lowest BCUT2D eigenvalue weighted by molar-refractivity contribution is -0.265. The molecular weight excluding hydrogens is 358 g/mol. The number of aliphatic hydroxyl groups is 3. The molecule has 0 aliphatic carbocycles. The Morgan fingerprint density at radius 3 is 1.68 bits per heavy atom. The van der Waals surface area contributed by atoms with Crippen molar-refractivity contribution in [2.45, 2.75) is 127 Å². The zero-order valence-corrected chi connectivity index (χ0v) is 17.9. The smallest absolute Gasteiger partial charge is 0.175 e. The first kappa shape index (κ1) is 25.8. The minimum atomic E-state index is -1.18. The van der Waals surface area contributed by atoms with Gasteiger partial charge in [-0.1, -0.05) is 90.4 Å². The Balaban J connectivity index is 1.90. The van der Waals surface area contributed by atoms with Crippen molar-refractivity contribution in [2.75, 3.05) is 13.2 Å². The molecule has 5 atom stereocenters. The molecule has 1 aliphatic rings. The van der Waals surface area contributed by atoms with Gasteiger partial charge >= 0.3 is 0 Å². The summed E-state index contributed by atoms with van der Waals surface area (Å²) in [5, 5.41) is 28.9. The lowest BCUT2D eigenvalue weighted by Gasteiger charge is -2.40. The van der Waals surface area contributed by atoms with Crippen LogP contribution in [0.5, 0.6) is 0 Å². The van der Waals surface area contributed by atoms with Crippen molar-refractivity contribution in [1.82, 2.24) is 0 Å². The van der Waals surface area contributed by atoms with Crippen molar-refractivity contribution in [3.05, 3.63) is 0 Å². The molecule has 0 unspecified atom stereocenters. The molecule has 0 aromatic heterocycles.